The van der Waals surface area contributed by atoms with Crippen molar-refractivity contribution in [2.24, 2.45) is 11.7 Å². The molecule has 1 heteroatoms. The van der Waals surface area contributed by atoms with Crippen LogP contribution in [0.4, 0.5) is 0 Å². The van der Waals surface area contributed by atoms with Gasteiger partial charge in [0.1, 0.15) is 0 Å². The Kier molecular flexibility index (Phi) is 5.29. The molecule has 0 saturated heterocycles. The summed E-state index contributed by atoms with van der Waals surface area (Å²) < 4.78 is 0. The molecular formula is C13H23N. The summed E-state index contributed by atoms with van der Waals surface area (Å²) in [5.41, 5.74) is 10.8. The molecule has 0 radical (unpaired) electrons. The van der Waals surface area contributed by atoms with Crippen LogP contribution in [0, 0.1) is 5.92 Å². The van der Waals surface area contributed by atoms with Crippen molar-refractivity contribution in [3.05, 3.63) is 34.6 Å². The van der Waals surface area contributed by atoms with Gasteiger partial charge in [-0.05, 0) is 50.3 Å². The largest absolute Gasteiger partial charge is 0.404 e. The maximum Gasteiger partial charge on any atom is 0.00169 e. The molecular weight excluding hydrogens is 170 g/mol. The zero-order chi connectivity index (χ0) is 11.3. The van der Waals surface area contributed by atoms with Gasteiger partial charge in [-0.2, -0.15) is 0 Å². The van der Waals surface area contributed by atoms with Crippen LogP contribution in [0.2, 0.25) is 0 Å². The van der Waals surface area contributed by atoms with Crippen molar-refractivity contribution >= 4 is 0 Å². The first-order valence-electron chi connectivity index (χ1n) is 5.18. The monoisotopic (exact) mass is 193 g/mol. The fourth-order valence-corrected chi connectivity index (χ4v) is 1.75. The fourth-order valence-electron chi connectivity index (χ4n) is 1.75. The quantitative estimate of drug-likeness (QED) is 0.678. The molecule has 1 nitrogen and oxygen atoms in total. The van der Waals surface area contributed by atoms with Gasteiger partial charge in [0.2, 0.25) is 0 Å². The molecule has 0 aromatic rings. The number of nitrogens with two attached hydrogens (primary N) is 1. The first-order chi connectivity index (χ1) is 6.45. The zero-order valence-electron chi connectivity index (χ0n) is 10.3. The Bertz CT molecular complexity index is 274. The number of hydrogen-bond donors (Lipinski definition) is 1. The van der Waals surface area contributed by atoms with Gasteiger partial charge < -0.3 is 5.73 Å². The van der Waals surface area contributed by atoms with Crippen molar-refractivity contribution in [1.29, 1.82) is 0 Å². The van der Waals surface area contributed by atoms with E-state index in [-0.39, 0.29) is 0 Å². The normalized spacial score (nSPS) is 13.4. The Morgan fingerprint density at radius 1 is 1.14 bits per heavy atom. The molecule has 80 valence electrons. The van der Waals surface area contributed by atoms with Crippen molar-refractivity contribution in [1.82, 2.24) is 0 Å². The van der Waals surface area contributed by atoms with E-state index in [1.165, 1.54) is 22.3 Å². The van der Waals surface area contributed by atoms with Crippen molar-refractivity contribution in [3.8, 4) is 0 Å². The number of hydrogen-bond acceptors (Lipinski definition) is 1. The van der Waals surface area contributed by atoms with E-state index in [2.05, 4.69) is 40.7 Å². The van der Waals surface area contributed by atoms with Crippen molar-refractivity contribution in [3.63, 3.8) is 0 Å². The van der Waals surface area contributed by atoms with Crippen LogP contribution < -0.4 is 5.73 Å². The predicted octanol–water partition coefficient (Wildman–Crippen LogP) is 3.79. The average molecular weight is 193 g/mol. The highest BCUT2D eigenvalue weighted by atomic mass is 14.5. The lowest BCUT2D eigenvalue weighted by Crippen LogP contribution is -2.04. The van der Waals surface area contributed by atoms with Crippen LogP contribution in [0.3, 0.4) is 0 Å². The molecule has 0 aliphatic carbocycles. The summed E-state index contributed by atoms with van der Waals surface area (Å²) in [6.45, 7) is 12.8. The first-order valence-corrected chi connectivity index (χ1v) is 5.18. The lowest BCUT2D eigenvalue weighted by Gasteiger charge is -2.18. The molecule has 0 bridgehead atoms. The van der Waals surface area contributed by atoms with Crippen LogP contribution in [0.15, 0.2) is 34.6 Å². The smallest absolute Gasteiger partial charge is 0.00169 e. The van der Waals surface area contributed by atoms with Gasteiger partial charge in [-0.25, -0.2) is 0 Å². The summed E-state index contributed by atoms with van der Waals surface area (Å²) in [5.74, 6) is 0.518. The summed E-state index contributed by atoms with van der Waals surface area (Å²) in [5, 5.41) is 0. The van der Waals surface area contributed by atoms with E-state index in [1.807, 2.05) is 6.92 Å². The van der Waals surface area contributed by atoms with E-state index in [9.17, 15) is 0 Å². The standard InChI is InChI=1S/C13H23N/c1-7-11(6)12(8-14)13(9(2)3)10(4)5/h7-9H,14H2,1-6H3/b11-7-,12-8+. The Morgan fingerprint density at radius 2 is 1.64 bits per heavy atom. The third-order valence-electron chi connectivity index (χ3n) is 2.43. The van der Waals surface area contributed by atoms with Crippen molar-refractivity contribution < 1.29 is 0 Å². The Labute approximate surface area is 88.4 Å². The molecule has 0 amide bonds. The summed E-state index contributed by atoms with van der Waals surface area (Å²) in [7, 11) is 0. The summed E-state index contributed by atoms with van der Waals surface area (Å²) >= 11 is 0. The van der Waals surface area contributed by atoms with Crippen molar-refractivity contribution in [2.45, 2.75) is 41.5 Å². The maximum absolute atomic E-state index is 5.69. The lowest BCUT2D eigenvalue weighted by atomic mass is 9.88. The molecule has 0 aromatic heterocycles. The minimum absolute atomic E-state index is 0.518. The molecule has 0 aromatic carbocycles. The highest BCUT2D eigenvalue weighted by Gasteiger charge is 2.11. The van der Waals surface area contributed by atoms with Crippen molar-refractivity contribution in [2.75, 3.05) is 0 Å². The molecule has 0 saturated carbocycles. The molecule has 0 fully saturated rings. The zero-order valence-corrected chi connectivity index (χ0v) is 10.3. The van der Waals surface area contributed by atoms with E-state index in [1.54, 1.807) is 6.20 Å². The molecule has 0 aliphatic rings. The second kappa shape index (κ2) is 5.69. The SMILES string of the molecule is C/C=C(C)\C(=C/N)C(=C(C)C)C(C)C. The Balaban J connectivity index is 5.34. The van der Waals surface area contributed by atoms with Gasteiger partial charge in [-0.15, -0.1) is 0 Å². The van der Waals surface area contributed by atoms with Crippen LogP contribution in [-0.2, 0) is 0 Å². The molecule has 14 heavy (non-hydrogen) atoms. The fraction of sp³-hybridized carbons (Fsp3) is 0.538. The highest BCUT2D eigenvalue weighted by molar-refractivity contribution is 5.47. The van der Waals surface area contributed by atoms with E-state index >= 15 is 0 Å². The minimum atomic E-state index is 0.518. The molecule has 0 heterocycles. The third-order valence-corrected chi connectivity index (χ3v) is 2.43. The molecule has 0 unspecified atom stereocenters. The van der Waals surface area contributed by atoms with Crippen LogP contribution in [0.1, 0.15) is 41.5 Å². The van der Waals surface area contributed by atoms with Gasteiger partial charge in [0.05, 0.1) is 0 Å². The maximum atomic E-state index is 5.69. The lowest BCUT2D eigenvalue weighted by molar-refractivity contribution is 0.766. The second-order valence-electron chi connectivity index (χ2n) is 4.12. The second-order valence-corrected chi connectivity index (χ2v) is 4.12. The summed E-state index contributed by atoms with van der Waals surface area (Å²) in [6.07, 6.45) is 3.82. The third kappa shape index (κ3) is 3.06. The summed E-state index contributed by atoms with van der Waals surface area (Å²) in [6, 6.07) is 0. The van der Waals surface area contributed by atoms with Crippen LogP contribution in [0.5, 0.6) is 0 Å². The molecule has 0 aliphatic heterocycles. The first kappa shape index (κ1) is 13.0. The number of allylic oxidation sites excluding steroid dienone is 5. The molecule has 0 spiro atoms. The molecule has 0 atom stereocenters. The molecule has 0 rings (SSSR count). The average Bonchev–Trinajstić information content (AvgIpc) is 2.11. The topological polar surface area (TPSA) is 26.0 Å². The van der Waals surface area contributed by atoms with Gasteiger partial charge in [-0.3, -0.25) is 0 Å². The van der Waals surface area contributed by atoms with Gasteiger partial charge in [0.15, 0.2) is 0 Å². The van der Waals surface area contributed by atoms with Gasteiger partial charge in [-0.1, -0.05) is 25.5 Å². The Morgan fingerprint density at radius 3 is 1.86 bits per heavy atom. The van der Waals surface area contributed by atoms with Crippen LogP contribution >= 0.6 is 0 Å². The van der Waals surface area contributed by atoms with E-state index in [0.29, 0.717) is 5.92 Å². The van der Waals surface area contributed by atoms with Gasteiger partial charge in [0, 0.05) is 6.20 Å². The molecule has 2 N–H and O–H groups in total. The highest BCUT2D eigenvalue weighted by Crippen LogP contribution is 2.27. The Hall–Kier alpha value is -0.980. The van der Waals surface area contributed by atoms with E-state index in [0.717, 1.165) is 0 Å². The van der Waals surface area contributed by atoms with E-state index in [4.69, 9.17) is 5.73 Å². The minimum Gasteiger partial charge on any atom is -0.404 e. The van der Waals surface area contributed by atoms with E-state index < -0.39 is 0 Å². The summed E-state index contributed by atoms with van der Waals surface area (Å²) in [4.78, 5) is 0. The number of rotatable bonds is 3. The van der Waals surface area contributed by atoms with Crippen LogP contribution in [0.25, 0.3) is 0 Å². The predicted molar refractivity (Wildman–Crippen MR) is 64.9 cm³/mol. The van der Waals surface area contributed by atoms with Crippen LogP contribution in [-0.4, -0.2) is 0 Å². The van der Waals surface area contributed by atoms with Gasteiger partial charge in [0.25, 0.3) is 0 Å². The van der Waals surface area contributed by atoms with Gasteiger partial charge >= 0.3 is 0 Å².